The molecule has 1 aromatic carbocycles. The molecular formula is C16H18N4O5. The second-order valence-electron chi connectivity index (χ2n) is 5.88. The number of ether oxygens (including phenoxy) is 1. The minimum absolute atomic E-state index is 0.104. The molecule has 9 heteroatoms. The molecule has 0 spiro atoms. The number of hydrogen-bond donors (Lipinski definition) is 2. The lowest BCUT2D eigenvalue weighted by molar-refractivity contribution is -0.122. The zero-order chi connectivity index (χ0) is 18.0. The van der Waals surface area contributed by atoms with Crippen LogP contribution in [0.25, 0.3) is 0 Å². The lowest BCUT2D eigenvalue weighted by Gasteiger charge is -2.19. The molecule has 9 nitrogen and oxygen atoms in total. The molecule has 0 unspecified atom stereocenters. The maximum absolute atomic E-state index is 12.2. The van der Waals surface area contributed by atoms with Crippen LogP contribution in [0.15, 0.2) is 24.3 Å². The first kappa shape index (κ1) is 16.7. The lowest BCUT2D eigenvalue weighted by atomic mass is 10.2. The van der Waals surface area contributed by atoms with Gasteiger partial charge in [-0.25, -0.2) is 4.79 Å². The van der Waals surface area contributed by atoms with Crippen molar-refractivity contribution in [1.29, 1.82) is 0 Å². The third-order valence-electron chi connectivity index (χ3n) is 4.06. The largest absolute Gasteiger partial charge is 0.497 e. The highest BCUT2D eigenvalue weighted by Gasteiger charge is 2.33. The molecule has 2 heterocycles. The van der Waals surface area contributed by atoms with E-state index in [0.29, 0.717) is 18.0 Å². The second-order valence-corrected chi connectivity index (χ2v) is 5.88. The fourth-order valence-electron chi connectivity index (χ4n) is 2.89. The minimum Gasteiger partial charge on any atom is -0.497 e. The van der Waals surface area contributed by atoms with Gasteiger partial charge in [0.05, 0.1) is 13.2 Å². The van der Waals surface area contributed by atoms with Crippen LogP contribution in [0.4, 0.5) is 10.5 Å². The highest BCUT2D eigenvalue weighted by Crippen LogP contribution is 2.25. The van der Waals surface area contributed by atoms with Gasteiger partial charge in [-0.05, 0) is 12.1 Å². The average Bonchev–Trinajstić information content (AvgIpc) is 3.09. The number of nitrogens with zero attached hydrogens (tertiary/aromatic N) is 2. The number of urea groups is 1. The van der Waals surface area contributed by atoms with E-state index >= 15 is 0 Å². The van der Waals surface area contributed by atoms with Gasteiger partial charge in [0.2, 0.25) is 17.7 Å². The Morgan fingerprint density at radius 2 is 2.16 bits per heavy atom. The molecule has 0 aliphatic carbocycles. The Labute approximate surface area is 143 Å². The zero-order valence-electron chi connectivity index (χ0n) is 13.7. The van der Waals surface area contributed by atoms with E-state index in [1.165, 1.54) is 0 Å². The van der Waals surface area contributed by atoms with Crippen molar-refractivity contribution in [3.63, 3.8) is 0 Å². The molecule has 3 rings (SSSR count). The normalized spacial score (nSPS) is 20.0. The summed E-state index contributed by atoms with van der Waals surface area (Å²) in [5.74, 6) is -0.302. The average molecular weight is 346 g/mol. The highest BCUT2D eigenvalue weighted by atomic mass is 16.5. The van der Waals surface area contributed by atoms with Crippen molar-refractivity contribution in [3.05, 3.63) is 24.3 Å². The number of amides is 5. The molecule has 25 heavy (non-hydrogen) atoms. The molecule has 2 aliphatic heterocycles. The van der Waals surface area contributed by atoms with Crippen LogP contribution in [0.5, 0.6) is 5.75 Å². The zero-order valence-corrected chi connectivity index (χ0v) is 13.7. The number of hydrogen-bond acceptors (Lipinski definition) is 5. The highest BCUT2D eigenvalue weighted by molar-refractivity contribution is 6.03. The van der Waals surface area contributed by atoms with Crippen LogP contribution in [-0.4, -0.2) is 61.4 Å². The van der Waals surface area contributed by atoms with Crippen molar-refractivity contribution in [2.75, 3.05) is 31.6 Å². The Morgan fingerprint density at radius 3 is 2.84 bits per heavy atom. The Hall–Kier alpha value is -3.10. The summed E-state index contributed by atoms with van der Waals surface area (Å²) in [6, 6.07) is 6.18. The van der Waals surface area contributed by atoms with E-state index in [1.54, 1.807) is 36.3 Å². The maximum atomic E-state index is 12.2. The Bertz CT molecular complexity index is 735. The van der Waals surface area contributed by atoms with Crippen LogP contribution < -0.4 is 20.3 Å². The van der Waals surface area contributed by atoms with Crippen molar-refractivity contribution in [1.82, 2.24) is 15.5 Å². The van der Waals surface area contributed by atoms with Crippen LogP contribution in [0.1, 0.15) is 6.42 Å². The van der Waals surface area contributed by atoms with Gasteiger partial charge in [0.1, 0.15) is 18.8 Å². The fraction of sp³-hybridized carbons (Fsp3) is 0.375. The summed E-state index contributed by atoms with van der Waals surface area (Å²) in [6.07, 6.45) is 0.175. The number of carbonyl (C=O) groups is 4. The molecular weight excluding hydrogens is 328 g/mol. The fourth-order valence-corrected chi connectivity index (χ4v) is 2.89. The number of carbonyl (C=O) groups excluding carboxylic acids is 4. The van der Waals surface area contributed by atoms with Gasteiger partial charge in [0.15, 0.2) is 0 Å². The minimum atomic E-state index is -0.583. The van der Waals surface area contributed by atoms with Crippen molar-refractivity contribution in [2.45, 2.75) is 12.5 Å². The van der Waals surface area contributed by atoms with Crippen molar-refractivity contribution in [2.24, 2.45) is 0 Å². The van der Waals surface area contributed by atoms with E-state index in [0.717, 1.165) is 4.90 Å². The SMILES string of the molecule is COc1cccc(N2C[C@@H](NC(=O)CN3CC(=O)NC3=O)CC2=O)c1. The van der Waals surface area contributed by atoms with Crippen LogP contribution in [0, 0.1) is 0 Å². The Balaban J connectivity index is 1.58. The van der Waals surface area contributed by atoms with Crippen LogP contribution in [0.3, 0.4) is 0 Å². The number of benzene rings is 1. The number of anilines is 1. The number of nitrogens with one attached hydrogen (secondary N) is 2. The molecule has 0 aromatic heterocycles. The topological polar surface area (TPSA) is 108 Å². The second kappa shape index (κ2) is 6.80. The van der Waals surface area contributed by atoms with Gasteiger partial charge in [-0.3, -0.25) is 19.7 Å². The summed E-state index contributed by atoms with van der Waals surface area (Å²) in [7, 11) is 1.55. The predicted octanol–water partition coefficient (Wildman–Crippen LogP) is -0.531. The van der Waals surface area contributed by atoms with Crippen LogP contribution >= 0.6 is 0 Å². The molecule has 1 atom stereocenters. The standard InChI is InChI=1S/C16H18N4O5/c1-25-12-4-2-3-11(6-12)20-7-10(5-15(20)23)17-13(21)8-19-9-14(22)18-16(19)24/h2-4,6,10H,5,7-9H2,1H3,(H,17,21)(H,18,22,24)/t10-/m0/s1. The van der Waals surface area contributed by atoms with Crippen molar-refractivity contribution in [3.8, 4) is 5.75 Å². The summed E-state index contributed by atoms with van der Waals surface area (Å²) in [5.41, 5.74) is 0.700. The van der Waals surface area contributed by atoms with Gasteiger partial charge in [-0.15, -0.1) is 0 Å². The summed E-state index contributed by atoms with van der Waals surface area (Å²) in [4.78, 5) is 49.6. The Kier molecular flexibility index (Phi) is 4.55. The number of rotatable bonds is 5. The number of imide groups is 1. The van der Waals surface area contributed by atoms with E-state index < -0.39 is 17.8 Å². The monoisotopic (exact) mass is 346 g/mol. The van der Waals surface area contributed by atoms with Crippen molar-refractivity contribution >= 4 is 29.4 Å². The first-order valence-corrected chi connectivity index (χ1v) is 7.79. The van der Waals surface area contributed by atoms with Gasteiger partial charge in [-0.2, -0.15) is 0 Å². The van der Waals surface area contributed by atoms with Gasteiger partial charge in [0.25, 0.3) is 0 Å². The van der Waals surface area contributed by atoms with Gasteiger partial charge in [0, 0.05) is 24.7 Å². The third kappa shape index (κ3) is 3.70. The molecule has 0 bridgehead atoms. The van der Waals surface area contributed by atoms with Gasteiger partial charge >= 0.3 is 6.03 Å². The summed E-state index contributed by atoms with van der Waals surface area (Å²) >= 11 is 0. The van der Waals surface area contributed by atoms with E-state index in [2.05, 4.69) is 10.6 Å². The first-order valence-electron chi connectivity index (χ1n) is 7.79. The van der Waals surface area contributed by atoms with E-state index in [1.807, 2.05) is 0 Å². The molecule has 2 saturated heterocycles. The quantitative estimate of drug-likeness (QED) is 0.697. The molecule has 1 aromatic rings. The van der Waals surface area contributed by atoms with E-state index in [9.17, 15) is 19.2 Å². The summed E-state index contributed by atoms with van der Waals surface area (Å²) < 4.78 is 5.16. The summed E-state index contributed by atoms with van der Waals surface area (Å²) in [5, 5.41) is 4.84. The van der Waals surface area contributed by atoms with E-state index in [-0.39, 0.29) is 31.5 Å². The molecule has 2 aliphatic rings. The first-order chi connectivity index (χ1) is 12.0. The molecule has 0 saturated carbocycles. The summed E-state index contributed by atoms with van der Waals surface area (Å²) in [6.45, 7) is -0.0178. The van der Waals surface area contributed by atoms with Gasteiger partial charge in [-0.1, -0.05) is 6.07 Å². The van der Waals surface area contributed by atoms with Crippen LogP contribution in [0.2, 0.25) is 0 Å². The smallest absolute Gasteiger partial charge is 0.325 e. The maximum Gasteiger partial charge on any atom is 0.325 e. The molecule has 2 fully saturated rings. The number of methoxy groups -OCH3 is 1. The van der Waals surface area contributed by atoms with E-state index in [4.69, 9.17) is 4.74 Å². The Morgan fingerprint density at radius 1 is 1.36 bits per heavy atom. The lowest BCUT2D eigenvalue weighted by Crippen LogP contribution is -2.44. The predicted molar refractivity (Wildman–Crippen MR) is 87.0 cm³/mol. The van der Waals surface area contributed by atoms with Gasteiger partial charge < -0.3 is 19.9 Å². The molecule has 2 N–H and O–H groups in total. The third-order valence-corrected chi connectivity index (χ3v) is 4.06. The molecule has 132 valence electrons. The molecule has 0 radical (unpaired) electrons. The van der Waals surface area contributed by atoms with Crippen LogP contribution in [-0.2, 0) is 14.4 Å². The van der Waals surface area contributed by atoms with Crippen molar-refractivity contribution < 1.29 is 23.9 Å². The molecule has 5 amide bonds.